The number of hydrogen-bond acceptors (Lipinski definition) is 6. The minimum Gasteiger partial charge on any atom is -0.480 e. The molecular formula is C9H9N3O6. The maximum atomic E-state index is 10.7. The minimum absolute atomic E-state index is 0.0829. The van der Waals surface area contributed by atoms with E-state index in [0.29, 0.717) is 0 Å². The van der Waals surface area contributed by atoms with E-state index in [9.17, 15) is 25.0 Å². The Kier molecular flexibility index (Phi) is 3.77. The summed E-state index contributed by atoms with van der Waals surface area (Å²) in [6.45, 7) is 1.30. The first-order chi connectivity index (χ1) is 8.32. The zero-order valence-corrected chi connectivity index (χ0v) is 9.19. The summed E-state index contributed by atoms with van der Waals surface area (Å²) < 4.78 is 0. The molecule has 0 saturated heterocycles. The average Bonchev–Trinajstić information content (AvgIpc) is 2.28. The second-order valence-corrected chi connectivity index (χ2v) is 3.42. The number of nitrogens with zero attached hydrogens (tertiary/aromatic N) is 2. The zero-order chi connectivity index (χ0) is 13.9. The number of carbonyl (C=O) groups is 1. The van der Waals surface area contributed by atoms with Crippen molar-refractivity contribution < 1.29 is 19.7 Å². The SMILES string of the molecule is C[C@@H](Nc1ccc([N+](=O)[O-])cc1[N+](=O)[O-])C(=O)O. The van der Waals surface area contributed by atoms with E-state index in [1.54, 1.807) is 0 Å². The average molecular weight is 255 g/mol. The standard InChI is InChI=1S/C9H9N3O6/c1-5(9(13)14)10-7-3-2-6(11(15)16)4-8(7)12(17)18/h2-5,10H,1H3,(H,13,14)/t5-/m1/s1. The van der Waals surface area contributed by atoms with Gasteiger partial charge in [0.05, 0.1) is 15.9 Å². The molecule has 18 heavy (non-hydrogen) atoms. The lowest BCUT2D eigenvalue weighted by Crippen LogP contribution is -2.25. The number of nitro groups is 2. The summed E-state index contributed by atoms with van der Waals surface area (Å²) >= 11 is 0. The summed E-state index contributed by atoms with van der Waals surface area (Å²) in [5.74, 6) is -1.19. The largest absolute Gasteiger partial charge is 0.480 e. The number of carboxylic acid groups (broad SMARTS) is 1. The number of rotatable bonds is 5. The lowest BCUT2D eigenvalue weighted by molar-refractivity contribution is -0.393. The fraction of sp³-hybridized carbons (Fsp3) is 0.222. The highest BCUT2D eigenvalue weighted by atomic mass is 16.6. The predicted molar refractivity (Wildman–Crippen MR) is 60.5 cm³/mol. The van der Waals surface area contributed by atoms with Gasteiger partial charge in [-0.2, -0.15) is 0 Å². The topological polar surface area (TPSA) is 136 Å². The van der Waals surface area contributed by atoms with Gasteiger partial charge in [-0.15, -0.1) is 0 Å². The number of benzene rings is 1. The summed E-state index contributed by atoms with van der Waals surface area (Å²) in [6, 6.07) is 1.89. The van der Waals surface area contributed by atoms with E-state index in [1.165, 1.54) is 6.92 Å². The van der Waals surface area contributed by atoms with E-state index in [2.05, 4.69) is 5.32 Å². The van der Waals surface area contributed by atoms with Crippen LogP contribution in [0, 0.1) is 20.2 Å². The molecule has 1 aromatic rings. The maximum absolute atomic E-state index is 10.7. The molecule has 0 spiro atoms. The monoisotopic (exact) mass is 255 g/mol. The highest BCUT2D eigenvalue weighted by molar-refractivity contribution is 5.78. The van der Waals surface area contributed by atoms with E-state index in [-0.39, 0.29) is 5.69 Å². The molecule has 9 heteroatoms. The van der Waals surface area contributed by atoms with Crippen molar-refractivity contribution in [1.29, 1.82) is 0 Å². The second-order valence-electron chi connectivity index (χ2n) is 3.42. The van der Waals surface area contributed by atoms with Crippen LogP contribution in [-0.4, -0.2) is 27.0 Å². The molecule has 96 valence electrons. The van der Waals surface area contributed by atoms with Gasteiger partial charge in [-0.1, -0.05) is 0 Å². The van der Waals surface area contributed by atoms with E-state index < -0.39 is 33.2 Å². The first kappa shape index (κ1) is 13.4. The van der Waals surface area contributed by atoms with Gasteiger partial charge in [-0.05, 0) is 13.0 Å². The van der Waals surface area contributed by atoms with Crippen LogP contribution in [0.2, 0.25) is 0 Å². The van der Waals surface area contributed by atoms with Crippen LogP contribution in [0.3, 0.4) is 0 Å². The van der Waals surface area contributed by atoms with E-state index in [1.807, 2.05) is 0 Å². The minimum atomic E-state index is -1.19. The van der Waals surface area contributed by atoms with Crippen molar-refractivity contribution in [2.24, 2.45) is 0 Å². The Hall–Kier alpha value is -2.71. The molecule has 0 radical (unpaired) electrons. The maximum Gasteiger partial charge on any atom is 0.325 e. The van der Waals surface area contributed by atoms with Crippen LogP contribution in [0.4, 0.5) is 17.1 Å². The molecule has 0 bridgehead atoms. The second kappa shape index (κ2) is 5.08. The van der Waals surface area contributed by atoms with Crippen molar-refractivity contribution in [3.05, 3.63) is 38.4 Å². The first-order valence-corrected chi connectivity index (χ1v) is 4.75. The van der Waals surface area contributed by atoms with E-state index in [0.717, 1.165) is 18.2 Å². The van der Waals surface area contributed by atoms with Crippen LogP contribution in [0.15, 0.2) is 18.2 Å². The summed E-state index contributed by atoms with van der Waals surface area (Å²) in [6.07, 6.45) is 0. The molecule has 0 aliphatic heterocycles. The molecule has 0 heterocycles. The molecule has 0 amide bonds. The van der Waals surface area contributed by atoms with Gasteiger partial charge in [0.1, 0.15) is 11.7 Å². The normalized spacial score (nSPS) is 11.6. The van der Waals surface area contributed by atoms with Gasteiger partial charge in [0, 0.05) is 6.07 Å². The fourth-order valence-corrected chi connectivity index (χ4v) is 1.20. The molecule has 0 saturated carbocycles. The van der Waals surface area contributed by atoms with Gasteiger partial charge < -0.3 is 10.4 Å². The number of nitrogens with one attached hydrogen (secondary N) is 1. The highest BCUT2D eigenvalue weighted by Crippen LogP contribution is 2.29. The molecule has 0 fully saturated rings. The third-order valence-corrected chi connectivity index (χ3v) is 2.13. The molecule has 0 aliphatic carbocycles. The van der Waals surface area contributed by atoms with Crippen molar-refractivity contribution in [3.63, 3.8) is 0 Å². The van der Waals surface area contributed by atoms with Crippen molar-refractivity contribution in [3.8, 4) is 0 Å². The number of aliphatic carboxylic acids is 1. The van der Waals surface area contributed by atoms with E-state index in [4.69, 9.17) is 5.11 Å². The van der Waals surface area contributed by atoms with E-state index >= 15 is 0 Å². The molecule has 9 nitrogen and oxygen atoms in total. The van der Waals surface area contributed by atoms with Crippen LogP contribution in [0.25, 0.3) is 0 Å². The van der Waals surface area contributed by atoms with Gasteiger partial charge in [-0.3, -0.25) is 25.0 Å². The van der Waals surface area contributed by atoms with Crippen LogP contribution < -0.4 is 5.32 Å². The Morgan fingerprint density at radius 2 is 1.94 bits per heavy atom. The lowest BCUT2D eigenvalue weighted by Gasteiger charge is -2.10. The molecule has 2 N–H and O–H groups in total. The number of carboxylic acids is 1. The number of hydrogen-bond donors (Lipinski definition) is 2. The summed E-state index contributed by atoms with van der Waals surface area (Å²) in [4.78, 5) is 30.3. The van der Waals surface area contributed by atoms with Crippen LogP contribution in [-0.2, 0) is 4.79 Å². The summed E-state index contributed by atoms with van der Waals surface area (Å²) in [5, 5.41) is 32.3. The first-order valence-electron chi connectivity index (χ1n) is 4.75. The molecule has 1 aromatic carbocycles. The smallest absolute Gasteiger partial charge is 0.325 e. The third-order valence-electron chi connectivity index (χ3n) is 2.13. The van der Waals surface area contributed by atoms with Gasteiger partial charge in [0.15, 0.2) is 0 Å². The van der Waals surface area contributed by atoms with Gasteiger partial charge >= 0.3 is 5.97 Å². The summed E-state index contributed by atoms with van der Waals surface area (Å²) in [7, 11) is 0. The fourth-order valence-electron chi connectivity index (χ4n) is 1.20. The highest BCUT2D eigenvalue weighted by Gasteiger charge is 2.22. The van der Waals surface area contributed by atoms with Gasteiger partial charge in [-0.25, -0.2) is 0 Å². The Labute approximate surface area is 100 Å². The van der Waals surface area contributed by atoms with Crippen LogP contribution >= 0.6 is 0 Å². The van der Waals surface area contributed by atoms with Crippen LogP contribution in [0.5, 0.6) is 0 Å². The predicted octanol–water partition coefficient (Wildman–Crippen LogP) is 1.39. The Balaban J connectivity index is 3.16. The van der Waals surface area contributed by atoms with Crippen molar-refractivity contribution >= 4 is 23.0 Å². The summed E-state index contributed by atoms with van der Waals surface area (Å²) in [5.41, 5.74) is -1.06. The van der Waals surface area contributed by atoms with Crippen molar-refractivity contribution in [2.45, 2.75) is 13.0 Å². The number of anilines is 1. The van der Waals surface area contributed by atoms with Crippen molar-refractivity contribution in [2.75, 3.05) is 5.32 Å². The molecular weight excluding hydrogens is 246 g/mol. The van der Waals surface area contributed by atoms with Crippen molar-refractivity contribution in [1.82, 2.24) is 0 Å². The Morgan fingerprint density at radius 3 is 2.39 bits per heavy atom. The molecule has 0 aliphatic rings. The zero-order valence-electron chi connectivity index (χ0n) is 9.19. The van der Waals surface area contributed by atoms with Crippen LogP contribution in [0.1, 0.15) is 6.92 Å². The third kappa shape index (κ3) is 2.90. The molecule has 1 rings (SSSR count). The van der Waals surface area contributed by atoms with Gasteiger partial charge in [0.2, 0.25) is 0 Å². The Bertz CT molecular complexity index is 515. The van der Waals surface area contributed by atoms with Gasteiger partial charge in [0.25, 0.3) is 11.4 Å². The number of non-ortho nitro benzene ring substituents is 1. The quantitative estimate of drug-likeness (QED) is 0.599. The molecule has 0 unspecified atom stereocenters. The lowest BCUT2D eigenvalue weighted by atomic mass is 10.2. The Morgan fingerprint density at radius 1 is 1.33 bits per heavy atom. The number of nitro benzene ring substituents is 2. The molecule has 1 atom stereocenters. The molecule has 0 aromatic heterocycles.